The number of thiophene rings is 1. The smallest absolute Gasteiger partial charge is 0.324 e. The number of carbonyl (C=O) groups is 1. The number of carbonyl (C=O) groups excluding carboxylic acids is 1. The van der Waals surface area contributed by atoms with Crippen LogP contribution in [0.1, 0.15) is 15.9 Å². The van der Waals surface area contributed by atoms with E-state index < -0.39 is 4.92 Å². The Balaban J connectivity index is 2.13. The largest absolute Gasteiger partial charge is 0.326 e. The molecule has 1 aromatic heterocycles. The Hall–Kier alpha value is -2.25. The third kappa shape index (κ3) is 3.15. The van der Waals surface area contributed by atoms with Gasteiger partial charge in [0.05, 0.1) is 10.5 Å². The first-order valence-corrected chi connectivity index (χ1v) is 6.31. The molecule has 0 aliphatic rings. The Morgan fingerprint density at radius 3 is 2.84 bits per heavy atom. The number of nitrogens with zero attached hydrogens (tertiary/aromatic N) is 1. The van der Waals surface area contributed by atoms with Crippen LogP contribution in [0.4, 0.5) is 10.7 Å². The summed E-state index contributed by atoms with van der Waals surface area (Å²) in [5.74, 6) is -0.376. The van der Waals surface area contributed by atoms with E-state index in [2.05, 4.69) is 5.32 Å². The quantitative estimate of drug-likeness (QED) is 0.662. The van der Waals surface area contributed by atoms with E-state index in [4.69, 9.17) is 5.73 Å². The van der Waals surface area contributed by atoms with Crippen LogP contribution in [0.3, 0.4) is 0 Å². The first-order valence-electron chi connectivity index (χ1n) is 5.43. The molecule has 98 valence electrons. The Labute approximate surface area is 113 Å². The minimum Gasteiger partial charge on any atom is -0.326 e. The fourth-order valence-electron chi connectivity index (χ4n) is 1.52. The molecule has 0 spiro atoms. The normalized spacial score (nSPS) is 10.2. The second kappa shape index (κ2) is 5.59. The lowest BCUT2D eigenvalue weighted by molar-refractivity contribution is -0.380. The molecule has 0 atom stereocenters. The minimum atomic E-state index is -0.517. The lowest BCUT2D eigenvalue weighted by Gasteiger charge is -2.05. The third-order valence-electron chi connectivity index (χ3n) is 2.45. The molecular formula is C12H11N3O3S. The molecule has 0 aliphatic carbocycles. The van der Waals surface area contributed by atoms with Crippen molar-refractivity contribution in [1.29, 1.82) is 0 Å². The molecule has 19 heavy (non-hydrogen) atoms. The number of hydrogen-bond acceptors (Lipinski definition) is 5. The summed E-state index contributed by atoms with van der Waals surface area (Å²) in [6, 6.07) is 8.39. The maximum absolute atomic E-state index is 11.9. The van der Waals surface area contributed by atoms with Crippen LogP contribution >= 0.6 is 11.3 Å². The van der Waals surface area contributed by atoms with Crippen molar-refractivity contribution in [2.75, 3.05) is 5.32 Å². The van der Waals surface area contributed by atoms with Gasteiger partial charge >= 0.3 is 5.00 Å². The summed E-state index contributed by atoms with van der Waals surface area (Å²) in [5.41, 5.74) is 7.29. The van der Waals surface area contributed by atoms with Crippen LogP contribution in [0.5, 0.6) is 0 Å². The number of amides is 1. The number of nitrogens with two attached hydrogens (primary N) is 1. The molecule has 1 aromatic carbocycles. The highest BCUT2D eigenvalue weighted by atomic mass is 32.1. The first-order chi connectivity index (χ1) is 9.10. The molecule has 0 radical (unpaired) electrons. The number of rotatable bonds is 4. The number of hydrogen-bond donors (Lipinski definition) is 2. The number of nitro groups is 1. The van der Waals surface area contributed by atoms with E-state index in [0.29, 0.717) is 12.2 Å². The van der Waals surface area contributed by atoms with Gasteiger partial charge in [0.1, 0.15) is 0 Å². The van der Waals surface area contributed by atoms with Crippen LogP contribution in [0.15, 0.2) is 35.7 Å². The summed E-state index contributed by atoms with van der Waals surface area (Å²) >= 11 is 0.924. The minimum absolute atomic E-state index is 0.0548. The summed E-state index contributed by atoms with van der Waals surface area (Å²) in [6.45, 7) is 0.383. The highest BCUT2D eigenvalue weighted by Gasteiger charge is 2.15. The topological polar surface area (TPSA) is 98.3 Å². The predicted octanol–water partition coefficient (Wildman–Crippen LogP) is 2.37. The fourth-order valence-corrected chi connectivity index (χ4v) is 2.22. The van der Waals surface area contributed by atoms with E-state index in [9.17, 15) is 14.9 Å². The Kier molecular flexibility index (Phi) is 3.88. The van der Waals surface area contributed by atoms with Crippen molar-refractivity contribution in [2.45, 2.75) is 6.54 Å². The molecule has 0 fully saturated rings. The van der Waals surface area contributed by atoms with E-state index in [1.165, 1.54) is 11.4 Å². The highest BCUT2D eigenvalue weighted by Crippen LogP contribution is 2.23. The molecule has 3 N–H and O–H groups in total. The molecule has 0 unspecified atom stereocenters. The highest BCUT2D eigenvalue weighted by molar-refractivity contribution is 7.13. The van der Waals surface area contributed by atoms with E-state index in [1.807, 2.05) is 6.07 Å². The van der Waals surface area contributed by atoms with Gasteiger partial charge in [-0.3, -0.25) is 14.9 Å². The molecule has 6 nitrogen and oxygen atoms in total. The SMILES string of the molecule is NCc1cccc(NC(=O)c2csc([N+](=O)[O-])c2)c1. The maximum atomic E-state index is 11.9. The Morgan fingerprint density at radius 1 is 1.42 bits per heavy atom. The van der Waals surface area contributed by atoms with Crippen LogP contribution < -0.4 is 11.1 Å². The van der Waals surface area contributed by atoms with Gasteiger partial charge in [0, 0.05) is 23.7 Å². The van der Waals surface area contributed by atoms with Gasteiger partial charge in [0.25, 0.3) is 5.91 Å². The Bertz CT molecular complexity index is 624. The molecular weight excluding hydrogens is 266 g/mol. The zero-order valence-corrected chi connectivity index (χ0v) is 10.6. The van der Waals surface area contributed by atoms with Gasteiger partial charge in [0.2, 0.25) is 0 Å². The van der Waals surface area contributed by atoms with Crippen molar-refractivity contribution in [2.24, 2.45) is 5.73 Å². The fraction of sp³-hybridized carbons (Fsp3) is 0.0833. The van der Waals surface area contributed by atoms with Crippen LogP contribution in [-0.4, -0.2) is 10.8 Å². The van der Waals surface area contributed by atoms with Gasteiger partial charge < -0.3 is 11.1 Å². The molecule has 2 aromatic rings. The zero-order chi connectivity index (χ0) is 13.8. The van der Waals surface area contributed by atoms with Crippen molar-refractivity contribution in [3.8, 4) is 0 Å². The molecule has 1 heterocycles. The molecule has 0 saturated carbocycles. The summed E-state index contributed by atoms with van der Waals surface area (Å²) in [5, 5.41) is 14.6. The van der Waals surface area contributed by atoms with E-state index in [-0.39, 0.29) is 16.5 Å². The van der Waals surface area contributed by atoms with Crippen LogP contribution in [-0.2, 0) is 6.54 Å². The summed E-state index contributed by atoms with van der Waals surface area (Å²) < 4.78 is 0. The van der Waals surface area contributed by atoms with Crippen LogP contribution in [0.25, 0.3) is 0 Å². The predicted molar refractivity (Wildman–Crippen MR) is 73.3 cm³/mol. The second-order valence-electron chi connectivity index (χ2n) is 3.79. The Morgan fingerprint density at radius 2 is 2.21 bits per heavy atom. The van der Waals surface area contributed by atoms with Gasteiger partial charge in [0.15, 0.2) is 0 Å². The van der Waals surface area contributed by atoms with Gasteiger partial charge in [-0.15, -0.1) is 0 Å². The zero-order valence-electron chi connectivity index (χ0n) is 9.83. The standard InChI is InChI=1S/C12H11N3O3S/c13-6-8-2-1-3-10(4-8)14-12(16)9-5-11(15(17)18)19-7-9/h1-5,7H,6,13H2,(H,14,16). The number of nitrogens with one attached hydrogen (secondary N) is 1. The second-order valence-corrected chi connectivity index (χ2v) is 4.68. The van der Waals surface area contributed by atoms with Crippen molar-refractivity contribution in [3.05, 3.63) is 57.0 Å². The van der Waals surface area contributed by atoms with Crippen molar-refractivity contribution < 1.29 is 9.72 Å². The van der Waals surface area contributed by atoms with Gasteiger partial charge in [-0.05, 0) is 17.7 Å². The maximum Gasteiger partial charge on any atom is 0.324 e. The first kappa shape index (κ1) is 13.2. The van der Waals surface area contributed by atoms with E-state index >= 15 is 0 Å². The molecule has 2 rings (SSSR count). The average molecular weight is 277 g/mol. The molecule has 0 bridgehead atoms. The van der Waals surface area contributed by atoms with Crippen molar-refractivity contribution in [1.82, 2.24) is 0 Å². The monoisotopic (exact) mass is 277 g/mol. The van der Waals surface area contributed by atoms with Crippen LogP contribution in [0, 0.1) is 10.1 Å². The van der Waals surface area contributed by atoms with Gasteiger partial charge in [-0.25, -0.2) is 0 Å². The van der Waals surface area contributed by atoms with E-state index in [1.54, 1.807) is 18.2 Å². The van der Waals surface area contributed by atoms with Gasteiger partial charge in [-0.1, -0.05) is 23.5 Å². The van der Waals surface area contributed by atoms with Crippen molar-refractivity contribution in [3.63, 3.8) is 0 Å². The lowest BCUT2D eigenvalue weighted by atomic mass is 10.2. The molecule has 0 saturated heterocycles. The summed E-state index contributed by atoms with van der Waals surface area (Å²) in [7, 11) is 0. The summed E-state index contributed by atoms with van der Waals surface area (Å²) in [6.07, 6.45) is 0. The van der Waals surface area contributed by atoms with Crippen molar-refractivity contribution >= 4 is 27.9 Å². The number of benzene rings is 1. The van der Waals surface area contributed by atoms with Gasteiger partial charge in [-0.2, -0.15) is 0 Å². The summed E-state index contributed by atoms with van der Waals surface area (Å²) in [4.78, 5) is 21.9. The van der Waals surface area contributed by atoms with E-state index in [0.717, 1.165) is 16.9 Å². The molecule has 0 aliphatic heterocycles. The average Bonchev–Trinajstić information content (AvgIpc) is 2.89. The number of anilines is 1. The lowest BCUT2D eigenvalue weighted by Crippen LogP contribution is -2.11. The molecule has 1 amide bonds. The molecule has 7 heteroatoms. The van der Waals surface area contributed by atoms with Crippen LogP contribution in [0.2, 0.25) is 0 Å². The third-order valence-corrected chi connectivity index (χ3v) is 3.33.